The molecular formula is C26H29N3O3. The van der Waals surface area contributed by atoms with Gasteiger partial charge >= 0.3 is 5.97 Å². The second kappa shape index (κ2) is 6.53. The van der Waals surface area contributed by atoms with E-state index < -0.39 is 11.5 Å². The van der Waals surface area contributed by atoms with E-state index in [1.807, 2.05) is 24.3 Å². The number of aromatic carboxylic acids is 1. The van der Waals surface area contributed by atoms with E-state index in [4.69, 9.17) is 0 Å². The summed E-state index contributed by atoms with van der Waals surface area (Å²) in [6, 6.07) is 8.46. The summed E-state index contributed by atoms with van der Waals surface area (Å²) in [6.07, 6.45) is 13.4. The maximum atomic E-state index is 13.3. The number of allylic oxidation sites excluding steroid dienone is 1. The second-order valence-electron chi connectivity index (χ2n) is 10.9. The van der Waals surface area contributed by atoms with E-state index in [1.54, 1.807) is 10.1 Å². The number of carboxylic acids is 1. The van der Waals surface area contributed by atoms with Gasteiger partial charge in [0.1, 0.15) is 0 Å². The topological polar surface area (TPSA) is 75.4 Å². The maximum Gasteiger partial charge on any atom is 0.360 e. The first-order valence-electron chi connectivity index (χ1n) is 12.3. The van der Waals surface area contributed by atoms with Gasteiger partial charge < -0.3 is 9.67 Å². The molecule has 3 heterocycles. The molecule has 5 atom stereocenters. The molecule has 2 saturated heterocycles. The summed E-state index contributed by atoms with van der Waals surface area (Å²) in [7, 11) is 0. The molecule has 166 valence electrons. The van der Waals surface area contributed by atoms with Crippen molar-refractivity contribution in [1.29, 1.82) is 0 Å². The quantitative estimate of drug-likeness (QED) is 0.739. The highest BCUT2D eigenvalue weighted by molar-refractivity contribution is 5.88. The third kappa shape index (κ3) is 2.47. The number of piperidine rings is 2. The van der Waals surface area contributed by atoms with Crippen molar-refractivity contribution in [2.45, 2.75) is 81.5 Å². The lowest BCUT2D eigenvalue weighted by Gasteiger charge is -2.57. The predicted molar refractivity (Wildman–Crippen MR) is 121 cm³/mol. The number of para-hydroxylation sites is 2. The molecule has 1 aromatic heterocycles. The molecular weight excluding hydrogens is 402 g/mol. The van der Waals surface area contributed by atoms with Crippen molar-refractivity contribution in [3.8, 4) is 0 Å². The van der Waals surface area contributed by atoms with E-state index in [0.29, 0.717) is 17.6 Å². The molecule has 8 rings (SSSR count). The van der Waals surface area contributed by atoms with Gasteiger partial charge in [-0.25, -0.2) is 9.78 Å². The van der Waals surface area contributed by atoms with Gasteiger partial charge in [-0.15, -0.1) is 0 Å². The summed E-state index contributed by atoms with van der Waals surface area (Å²) in [5.74, 6) is 0.412. The summed E-state index contributed by atoms with van der Waals surface area (Å²) in [5, 5.41) is 9.64. The molecule has 4 aliphatic carbocycles. The van der Waals surface area contributed by atoms with E-state index >= 15 is 0 Å². The van der Waals surface area contributed by atoms with Gasteiger partial charge in [0.15, 0.2) is 0 Å². The largest absolute Gasteiger partial charge is 0.476 e. The van der Waals surface area contributed by atoms with Crippen LogP contribution in [0.3, 0.4) is 0 Å². The Hall–Kier alpha value is -2.47. The van der Waals surface area contributed by atoms with Crippen LogP contribution < -0.4 is 5.56 Å². The maximum absolute atomic E-state index is 13.3. The fourth-order valence-corrected chi connectivity index (χ4v) is 8.44. The van der Waals surface area contributed by atoms with Crippen LogP contribution in [0, 0.1) is 11.8 Å². The molecule has 32 heavy (non-hydrogen) atoms. The van der Waals surface area contributed by atoms with Crippen molar-refractivity contribution in [2.24, 2.45) is 11.8 Å². The van der Waals surface area contributed by atoms with Gasteiger partial charge in [0, 0.05) is 23.7 Å². The third-order valence-corrected chi connectivity index (χ3v) is 9.21. The minimum atomic E-state index is -1.24. The van der Waals surface area contributed by atoms with Crippen LogP contribution in [-0.2, 0) is 0 Å². The van der Waals surface area contributed by atoms with Gasteiger partial charge in [-0.05, 0) is 75.3 Å². The van der Waals surface area contributed by atoms with Gasteiger partial charge in [-0.2, -0.15) is 0 Å². The smallest absolute Gasteiger partial charge is 0.360 e. The Morgan fingerprint density at radius 1 is 1.06 bits per heavy atom. The number of aromatic nitrogens is 2. The molecule has 2 aromatic rings. The summed E-state index contributed by atoms with van der Waals surface area (Å²) < 4.78 is 1.78. The fraction of sp³-hybridized carbons (Fsp3) is 0.577. The van der Waals surface area contributed by atoms with Crippen molar-refractivity contribution in [1.82, 2.24) is 14.5 Å². The summed E-state index contributed by atoms with van der Waals surface area (Å²) >= 11 is 0. The van der Waals surface area contributed by atoms with Crippen LogP contribution in [0.4, 0.5) is 0 Å². The first kappa shape index (κ1) is 19.0. The third-order valence-electron chi connectivity index (χ3n) is 9.21. The van der Waals surface area contributed by atoms with E-state index in [-0.39, 0.29) is 17.3 Å². The summed E-state index contributed by atoms with van der Waals surface area (Å²) in [5.41, 5.74) is 2.55. The normalized spacial score (nSPS) is 37.8. The van der Waals surface area contributed by atoms with Crippen molar-refractivity contribution in [2.75, 3.05) is 0 Å². The van der Waals surface area contributed by atoms with E-state index in [2.05, 4.69) is 16.0 Å². The number of carbonyl (C=O) groups is 1. The van der Waals surface area contributed by atoms with Crippen molar-refractivity contribution in [3.05, 3.63) is 52.0 Å². The zero-order valence-electron chi connectivity index (χ0n) is 18.2. The van der Waals surface area contributed by atoms with Crippen LogP contribution in [0.15, 0.2) is 40.7 Å². The minimum absolute atomic E-state index is 0.0289. The Balaban J connectivity index is 1.31. The van der Waals surface area contributed by atoms with Crippen molar-refractivity contribution >= 4 is 17.0 Å². The highest BCUT2D eigenvalue weighted by Crippen LogP contribution is 2.62. The molecule has 0 amide bonds. The van der Waals surface area contributed by atoms with Crippen molar-refractivity contribution in [3.63, 3.8) is 0 Å². The summed E-state index contributed by atoms with van der Waals surface area (Å²) in [4.78, 5) is 32.2. The van der Waals surface area contributed by atoms with Gasteiger partial charge in [0.2, 0.25) is 5.69 Å². The lowest BCUT2D eigenvalue weighted by Crippen LogP contribution is -2.63. The van der Waals surface area contributed by atoms with E-state index in [1.165, 1.54) is 44.9 Å². The predicted octanol–water partition coefficient (Wildman–Crippen LogP) is 4.15. The molecule has 2 saturated carbocycles. The van der Waals surface area contributed by atoms with Crippen molar-refractivity contribution < 1.29 is 9.90 Å². The van der Waals surface area contributed by atoms with Crippen LogP contribution in [0.5, 0.6) is 0 Å². The monoisotopic (exact) mass is 431 g/mol. The lowest BCUT2D eigenvalue weighted by atomic mass is 9.73. The number of benzene rings is 1. The Labute approximate surface area is 186 Å². The average molecular weight is 432 g/mol. The fourth-order valence-electron chi connectivity index (χ4n) is 8.44. The lowest BCUT2D eigenvalue weighted by molar-refractivity contribution is -0.0618. The highest BCUT2D eigenvalue weighted by Gasteiger charge is 2.59. The second-order valence-corrected chi connectivity index (χ2v) is 10.9. The number of hydrogen-bond donors (Lipinski definition) is 1. The minimum Gasteiger partial charge on any atom is -0.476 e. The average Bonchev–Trinajstić information content (AvgIpc) is 3.16. The molecule has 1 aromatic carbocycles. The highest BCUT2D eigenvalue weighted by atomic mass is 16.4. The van der Waals surface area contributed by atoms with Crippen LogP contribution in [0.25, 0.3) is 11.0 Å². The number of fused-ring (bicyclic) bond motifs is 3. The van der Waals surface area contributed by atoms with Crippen LogP contribution in [0.2, 0.25) is 0 Å². The van der Waals surface area contributed by atoms with Gasteiger partial charge in [-0.3, -0.25) is 9.69 Å². The van der Waals surface area contributed by atoms with Gasteiger partial charge in [0.25, 0.3) is 5.56 Å². The number of carboxylic acid groups (broad SMARTS) is 1. The number of rotatable bonds is 3. The molecule has 5 unspecified atom stereocenters. The van der Waals surface area contributed by atoms with Gasteiger partial charge in [-0.1, -0.05) is 30.2 Å². The molecule has 6 aliphatic rings. The molecule has 4 fully saturated rings. The Kier molecular flexibility index (Phi) is 3.89. The molecule has 0 spiro atoms. The standard InChI is InChI=1S/C26H29N3O3/c30-24-23(25(31)32)27-21-6-1-2-7-22(21)28(24)20-11-18-4-3-5-19(12-20)29(18)26-13-15-8-16(14-26)10-17(26)9-15/h1-2,6-7,9,15-16,18-20H,3-5,8,10-14H2,(H,31,32). The zero-order valence-corrected chi connectivity index (χ0v) is 18.2. The van der Waals surface area contributed by atoms with Crippen LogP contribution in [-0.4, -0.2) is 43.1 Å². The Morgan fingerprint density at radius 2 is 1.84 bits per heavy atom. The SMILES string of the molecule is O=C(O)c1nc2ccccc2n(C2CC3CCCC(C2)N3C23CC4C=C2CC(C4)C3)c1=O. The number of nitrogens with zero attached hydrogens (tertiary/aromatic N) is 3. The zero-order chi connectivity index (χ0) is 21.6. The van der Waals surface area contributed by atoms with Crippen LogP contribution >= 0.6 is 0 Å². The molecule has 0 radical (unpaired) electrons. The van der Waals surface area contributed by atoms with E-state index in [9.17, 15) is 14.7 Å². The van der Waals surface area contributed by atoms with Crippen LogP contribution in [0.1, 0.15) is 74.3 Å². The first-order chi connectivity index (χ1) is 15.5. The number of hydrogen-bond acceptors (Lipinski definition) is 4. The molecule has 1 N–H and O–H groups in total. The first-order valence-corrected chi connectivity index (χ1v) is 12.3. The molecule has 2 aliphatic heterocycles. The van der Waals surface area contributed by atoms with Gasteiger partial charge in [0.05, 0.1) is 11.0 Å². The molecule has 6 bridgehead atoms. The van der Waals surface area contributed by atoms with E-state index in [0.717, 1.165) is 30.2 Å². The summed E-state index contributed by atoms with van der Waals surface area (Å²) in [6.45, 7) is 0. The molecule has 6 heteroatoms. The molecule has 6 nitrogen and oxygen atoms in total. The Morgan fingerprint density at radius 3 is 2.59 bits per heavy atom. The Bertz CT molecular complexity index is 1220.